The van der Waals surface area contributed by atoms with Crippen LogP contribution in [0.4, 0.5) is 0 Å². The Morgan fingerprint density at radius 3 is 2.40 bits per heavy atom. The molecule has 0 saturated carbocycles. The van der Waals surface area contributed by atoms with Crippen LogP contribution >= 0.6 is 0 Å². The Morgan fingerprint density at radius 1 is 1.30 bits per heavy atom. The zero-order valence-corrected chi connectivity index (χ0v) is 12.1. The lowest BCUT2D eigenvalue weighted by molar-refractivity contribution is -0.148. The second-order valence-electron chi connectivity index (χ2n) is 5.32. The summed E-state index contributed by atoms with van der Waals surface area (Å²) in [5.74, 6) is -1.28. The summed E-state index contributed by atoms with van der Waals surface area (Å²) in [4.78, 5) is 23.0. The molecule has 1 unspecified atom stereocenters. The van der Waals surface area contributed by atoms with Crippen LogP contribution in [-0.4, -0.2) is 36.7 Å². The number of rotatable bonds is 7. The number of methoxy groups -OCH3 is 1. The molecule has 0 spiro atoms. The smallest absolute Gasteiger partial charge is 0.334 e. The number of nitrogens with one attached hydrogen (secondary N) is 1. The van der Waals surface area contributed by atoms with Gasteiger partial charge in [-0.25, -0.2) is 4.79 Å². The highest BCUT2D eigenvalue weighted by atomic mass is 16.5. The third-order valence-corrected chi connectivity index (χ3v) is 3.11. The average Bonchev–Trinajstić information content (AvgIpc) is 2.39. The second-order valence-corrected chi connectivity index (χ2v) is 5.32. The summed E-state index contributed by atoms with van der Waals surface area (Å²) >= 11 is 0. The molecule has 5 heteroatoms. The van der Waals surface area contributed by atoms with Gasteiger partial charge in [-0.3, -0.25) is 4.79 Å². The minimum atomic E-state index is -1.09. The normalized spacial score (nSPS) is 12.8. The fourth-order valence-electron chi connectivity index (χ4n) is 1.88. The molecule has 0 radical (unpaired) electrons. The molecule has 0 aliphatic carbocycles. The fourth-order valence-corrected chi connectivity index (χ4v) is 1.88. The van der Waals surface area contributed by atoms with E-state index in [-0.39, 0.29) is 12.5 Å². The van der Waals surface area contributed by atoms with Gasteiger partial charge in [-0.15, -0.1) is 0 Å². The van der Waals surface area contributed by atoms with Crippen molar-refractivity contribution in [2.24, 2.45) is 5.41 Å². The predicted octanol–water partition coefficient (Wildman–Crippen LogP) is 1.47. The summed E-state index contributed by atoms with van der Waals surface area (Å²) < 4.78 is 4.78. The first-order valence-electron chi connectivity index (χ1n) is 6.44. The van der Waals surface area contributed by atoms with Gasteiger partial charge in [-0.1, -0.05) is 44.2 Å². The molecule has 0 fully saturated rings. The largest absolute Gasteiger partial charge is 0.479 e. The number of amides is 1. The van der Waals surface area contributed by atoms with Crippen molar-refractivity contribution in [1.82, 2.24) is 5.32 Å². The average molecular weight is 279 g/mol. The summed E-state index contributed by atoms with van der Waals surface area (Å²) in [7, 11) is 1.31. The van der Waals surface area contributed by atoms with Crippen molar-refractivity contribution >= 4 is 11.9 Å². The lowest BCUT2D eigenvalue weighted by Gasteiger charge is -2.24. The van der Waals surface area contributed by atoms with Crippen molar-refractivity contribution in [3.8, 4) is 0 Å². The predicted molar refractivity (Wildman–Crippen MR) is 75.4 cm³/mol. The van der Waals surface area contributed by atoms with Crippen LogP contribution in [0.5, 0.6) is 0 Å². The van der Waals surface area contributed by atoms with E-state index in [2.05, 4.69) is 5.32 Å². The van der Waals surface area contributed by atoms with Crippen LogP contribution in [0.2, 0.25) is 0 Å². The lowest BCUT2D eigenvalue weighted by Crippen LogP contribution is -2.44. The Balaban J connectivity index is 2.59. The van der Waals surface area contributed by atoms with Crippen molar-refractivity contribution in [2.75, 3.05) is 13.7 Å². The lowest BCUT2D eigenvalue weighted by atomic mass is 9.85. The van der Waals surface area contributed by atoms with Gasteiger partial charge in [0.2, 0.25) is 5.91 Å². The van der Waals surface area contributed by atoms with Crippen molar-refractivity contribution in [1.29, 1.82) is 0 Å². The van der Waals surface area contributed by atoms with Crippen molar-refractivity contribution in [2.45, 2.75) is 26.4 Å². The molecule has 1 atom stereocenters. The SMILES string of the molecule is COC(CNC(=O)C(C)(C)Cc1ccccc1)C(=O)O. The molecular weight excluding hydrogens is 258 g/mol. The standard InChI is InChI=1S/C15H21NO4/c1-15(2,9-11-7-5-4-6-8-11)14(19)16-10-12(20-3)13(17)18/h4-8,12H,9-10H2,1-3H3,(H,16,19)(H,17,18). The van der Waals surface area contributed by atoms with Gasteiger partial charge in [0.15, 0.2) is 6.10 Å². The molecule has 20 heavy (non-hydrogen) atoms. The minimum Gasteiger partial charge on any atom is -0.479 e. The Kier molecular flexibility index (Phi) is 5.70. The quantitative estimate of drug-likeness (QED) is 0.792. The molecule has 1 amide bonds. The first-order chi connectivity index (χ1) is 9.36. The van der Waals surface area contributed by atoms with E-state index in [1.807, 2.05) is 44.2 Å². The third-order valence-electron chi connectivity index (χ3n) is 3.11. The van der Waals surface area contributed by atoms with E-state index < -0.39 is 17.5 Å². The number of carbonyl (C=O) groups excluding carboxylic acids is 1. The molecule has 0 aliphatic heterocycles. The van der Waals surface area contributed by atoms with Crippen molar-refractivity contribution in [3.63, 3.8) is 0 Å². The van der Waals surface area contributed by atoms with E-state index in [9.17, 15) is 9.59 Å². The van der Waals surface area contributed by atoms with Gasteiger partial charge in [0.05, 0.1) is 6.54 Å². The Bertz CT molecular complexity index is 456. The molecule has 0 aromatic heterocycles. The summed E-state index contributed by atoms with van der Waals surface area (Å²) in [5, 5.41) is 11.5. The Hall–Kier alpha value is -1.88. The Labute approximate surface area is 118 Å². The van der Waals surface area contributed by atoms with Crippen molar-refractivity contribution < 1.29 is 19.4 Å². The Morgan fingerprint density at radius 2 is 1.90 bits per heavy atom. The van der Waals surface area contributed by atoms with Crippen LogP contribution in [0, 0.1) is 5.41 Å². The maximum Gasteiger partial charge on any atom is 0.334 e. The summed E-state index contributed by atoms with van der Waals surface area (Å²) in [6, 6.07) is 9.70. The summed E-state index contributed by atoms with van der Waals surface area (Å²) in [6.07, 6.45) is -0.434. The first kappa shape index (κ1) is 16.2. The van der Waals surface area contributed by atoms with Crippen LogP contribution in [0.25, 0.3) is 0 Å². The fraction of sp³-hybridized carbons (Fsp3) is 0.467. The number of carboxylic acid groups (broad SMARTS) is 1. The third kappa shape index (κ3) is 4.66. The van der Waals surface area contributed by atoms with E-state index in [0.29, 0.717) is 6.42 Å². The highest BCUT2D eigenvalue weighted by molar-refractivity contribution is 5.83. The monoisotopic (exact) mass is 279 g/mol. The molecular formula is C15H21NO4. The minimum absolute atomic E-state index is 0.0388. The van der Waals surface area contributed by atoms with Gasteiger partial charge in [0, 0.05) is 12.5 Å². The van der Waals surface area contributed by atoms with E-state index in [0.717, 1.165) is 5.56 Å². The molecule has 1 aromatic rings. The van der Waals surface area contributed by atoms with E-state index in [1.165, 1.54) is 7.11 Å². The number of ether oxygens (including phenoxy) is 1. The van der Waals surface area contributed by atoms with Gasteiger partial charge in [0.1, 0.15) is 0 Å². The molecule has 2 N–H and O–H groups in total. The van der Waals surface area contributed by atoms with Crippen LogP contribution in [0.1, 0.15) is 19.4 Å². The molecule has 5 nitrogen and oxygen atoms in total. The molecule has 0 saturated heterocycles. The van der Waals surface area contributed by atoms with Crippen molar-refractivity contribution in [3.05, 3.63) is 35.9 Å². The van der Waals surface area contributed by atoms with Gasteiger partial charge in [0.25, 0.3) is 0 Å². The van der Waals surface area contributed by atoms with Gasteiger partial charge >= 0.3 is 5.97 Å². The zero-order chi connectivity index (χ0) is 15.2. The highest BCUT2D eigenvalue weighted by Gasteiger charge is 2.29. The molecule has 0 bridgehead atoms. The molecule has 1 rings (SSSR count). The molecule has 1 aromatic carbocycles. The summed E-state index contributed by atoms with van der Waals surface area (Å²) in [6.45, 7) is 3.62. The number of hydrogen-bond acceptors (Lipinski definition) is 3. The zero-order valence-electron chi connectivity index (χ0n) is 12.1. The maximum atomic E-state index is 12.2. The van der Waals surface area contributed by atoms with Crippen LogP contribution in [0.3, 0.4) is 0 Å². The highest BCUT2D eigenvalue weighted by Crippen LogP contribution is 2.21. The van der Waals surface area contributed by atoms with Gasteiger partial charge in [-0.2, -0.15) is 0 Å². The van der Waals surface area contributed by atoms with E-state index >= 15 is 0 Å². The number of hydrogen-bond donors (Lipinski definition) is 2. The van der Waals surface area contributed by atoms with Gasteiger partial charge < -0.3 is 15.2 Å². The van der Waals surface area contributed by atoms with Crippen LogP contribution in [-0.2, 0) is 20.7 Å². The van der Waals surface area contributed by atoms with Crippen LogP contribution < -0.4 is 5.32 Å². The maximum absolute atomic E-state index is 12.2. The number of benzene rings is 1. The second kappa shape index (κ2) is 7.05. The van der Waals surface area contributed by atoms with Gasteiger partial charge in [-0.05, 0) is 12.0 Å². The number of carboxylic acids is 1. The van der Waals surface area contributed by atoms with E-state index in [4.69, 9.17) is 9.84 Å². The number of carbonyl (C=O) groups is 2. The molecule has 0 aliphatic rings. The first-order valence-corrected chi connectivity index (χ1v) is 6.44. The van der Waals surface area contributed by atoms with E-state index in [1.54, 1.807) is 0 Å². The topological polar surface area (TPSA) is 75.6 Å². The molecule has 0 heterocycles. The summed E-state index contributed by atoms with van der Waals surface area (Å²) in [5.41, 5.74) is 0.451. The van der Waals surface area contributed by atoms with Crippen LogP contribution in [0.15, 0.2) is 30.3 Å². The number of aliphatic carboxylic acids is 1. The molecule has 110 valence electrons.